The fourth-order valence-electron chi connectivity index (χ4n) is 2.92. The lowest BCUT2D eigenvalue weighted by Gasteiger charge is -2.17. The lowest BCUT2D eigenvalue weighted by atomic mass is 10.1. The maximum Gasteiger partial charge on any atom is 0.259 e. The average Bonchev–Trinajstić information content (AvgIpc) is 3.31. The van der Waals surface area contributed by atoms with Crippen molar-refractivity contribution in [2.75, 3.05) is 11.9 Å². The molecule has 136 valence electrons. The van der Waals surface area contributed by atoms with Crippen LogP contribution >= 0.6 is 0 Å². The van der Waals surface area contributed by atoms with Crippen LogP contribution in [0.25, 0.3) is 22.8 Å². The Morgan fingerprint density at radius 2 is 1.96 bits per heavy atom. The van der Waals surface area contributed by atoms with Crippen LogP contribution in [0, 0.1) is 6.92 Å². The number of hydrogen-bond acceptors (Lipinski definition) is 6. The fraction of sp³-hybridized carbons (Fsp3) is 0.200. The van der Waals surface area contributed by atoms with E-state index >= 15 is 0 Å². The Labute approximate surface area is 157 Å². The molecule has 0 radical (unpaired) electrons. The van der Waals surface area contributed by atoms with Crippen molar-refractivity contribution in [2.45, 2.75) is 13.5 Å². The van der Waals surface area contributed by atoms with Crippen LogP contribution in [0.2, 0.25) is 0 Å². The number of rotatable bonds is 5. The summed E-state index contributed by atoms with van der Waals surface area (Å²) in [4.78, 5) is 11.1. The highest BCUT2D eigenvalue weighted by Crippen LogP contribution is 2.25. The molecule has 1 aromatic carbocycles. The number of nitrogens with zero attached hydrogens (tertiary/aromatic N) is 6. The van der Waals surface area contributed by atoms with Gasteiger partial charge in [0.25, 0.3) is 5.89 Å². The first kappa shape index (κ1) is 17.0. The molecule has 0 bridgehead atoms. The lowest BCUT2D eigenvalue weighted by Crippen LogP contribution is -2.17. The Morgan fingerprint density at radius 1 is 1.11 bits per heavy atom. The summed E-state index contributed by atoms with van der Waals surface area (Å²) < 4.78 is 7.23. The van der Waals surface area contributed by atoms with Gasteiger partial charge in [-0.3, -0.25) is 4.68 Å². The van der Waals surface area contributed by atoms with E-state index in [1.54, 1.807) is 10.9 Å². The van der Waals surface area contributed by atoms with Gasteiger partial charge in [-0.15, -0.1) is 0 Å². The molecule has 0 amide bonds. The van der Waals surface area contributed by atoms with Gasteiger partial charge in [0.1, 0.15) is 5.82 Å². The molecule has 0 spiro atoms. The molecular formula is C20H20N6O. The van der Waals surface area contributed by atoms with Crippen LogP contribution in [0.4, 0.5) is 5.82 Å². The molecule has 4 rings (SSSR count). The van der Waals surface area contributed by atoms with Gasteiger partial charge in [-0.25, -0.2) is 4.98 Å². The van der Waals surface area contributed by atoms with Gasteiger partial charge in [0.05, 0.1) is 11.8 Å². The maximum absolute atomic E-state index is 5.43. The van der Waals surface area contributed by atoms with Gasteiger partial charge >= 0.3 is 0 Å². The quantitative estimate of drug-likeness (QED) is 0.542. The minimum Gasteiger partial charge on any atom is -0.355 e. The summed E-state index contributed by atoms with van der Waals surface area (Å²) in [6, 6.07) is 11.9. The normalized spacial score (nSPS) is 10.9. The van der Waals surface area contributed by atoms with Crippen molar-refractivity contribution < 1.29 is 4.52 Å². The molecule has 0 aliphatic heterocycles. The van der Waals surface area contributed by atoms with Gasteiger partial charge < -0.3 is 9.42 Å². The van der Waals surface area contributed by atoms with E-state index < -0.39 is 0 Å². The minimum absolute atomic E-state index is 0.460. The first-order valence-corrected chi connectivity index (χ1v) is 8.65. The Bertz CT molecular complexity index is 1050. The second-order valence-electron chi connectivity index (χ2n) is 6.52. The van der Waals surface area contributed by atoms with Crippen LogP contribution < -0.4 is 4.90 Å². The van der Waals surface area contributed by atoms with Gasteiger partial charge in [-0.05, 0) is 24.6 Å². The molecule has 27 heavy (non-hydrogen) atoms. The molecule has 0 aliphatic rings. The van der Waals surface area contributed by atoms with Crippen LogP contribution in [0.15, 0.2) is 59.5 Å². The van der Waals surface area contributed by atoms with E-state index in [1.807, 2.05) is 69.8 Å². The van der Waals surface area contributed by atoms with Crippen molar-refractivity contribution in [1.29, 1.82) is 0 Å². The average molecular weight is 360 g/mol. The van der Waals surface area contributed by atoms with Crippen molar-refractivity contribution in [3.8, 4) is 22.8 Å². The standard InChI is InChI=1S/C20H20N6O/c1-14-6-4-5-7-17(14)19-23-20(27-24-19)16-8-9-18(21-11-16)25(2)12-15-10-22-26(3)13-15/h4-11,13H,12H2,1-3H3. The highest BCUT2D eigenvalue weighted by Gasteiger charge is 2.13. The van der Waals surface area contributed by atoms with Crippen LogP contribution in [-0.4, -0.2) is 32.0 Å². The first-order valence-electron chi connectivity index (χ1n) is 8.65. The molecule has 0 aliphatic carbocycles. The number of anilines is 1. The van der Waals surface area contributed by atoms with E-state index in [2.05, 4.69) is 25.1 Å². The monoisotopic (exact) mass is 360 g/mol. The Hall–Kier alpha value is -3.48. The van der Waals surface area contributed by atoms with E-state index in [4.69, 9.17) is 4.52 Å². The maximum atomic E-state index is 5.43. The van der Waals surface area contributed by atoms with Gasteiger partial charge in [0, 0.05) is 44.2 Å². The molecular weight excluding hydrogens is 340 g/mol. The SMILES string of the molecule is Cc1ccccc1-c1noc(-c2ccc(N(C)Cc3cnn(C)c3)nc2)n1. The van der Waals surface area contributed by atoms with E-state index in [0.717, 1.165) is 34.6 Å². The number of aryl methyl sites for hydroxylation is 2. The third kappa shape index (κ3) is 3.57. The van der Waals surface area contributed by atoms with Crippen molar-refractivity contribution in [3.63, 3.8) is 0 Å². The largest absolute Gasteiger partial charge is 0.355 e. The highest BCUT2D eigenvalue weighted by atomic mass is 16.5. The summed E-state index contributed by atoms with van der Waals surface area (Å²) in [5.74, 6) is 1.91. The molecule has 7 nitrogen and oxygen atoms in total. The first-order chi connectivity index (χ1) is 13.1. The molecule has 0 N–H and O–H groups in total. The lowest BCUT2D eigenvalue weighted by molar-refractivity contribution is 0.432. The van der Waals surface area contributed by atoms with E-state index in [1.165, 1.54) is 0 Å². The van der Waals surface area contributed by atoms with Crippen molar-refractivity contribution in [3.05, 3.63) is 66.1 Å². The fourth-order valence-corrected chi connectivity index (χ4v) is 2.92. The summed E-state index contributed by atoms with van der Waals surface area (Å²) in [5.41, 5.74) is 4.00. The number of aromatic nitrogens is 5. The Kier molecular flexibility index (Phi) is 4.42. The summed E-state index contributed by atoms with van der Waals surface area (Å²) in [5, 5.41) is 8.30. The van der Waals surface area contributed by atoms with Crippen LogP contribution in [0.5, 0.6) is 0 Å². The molecule has 0 saturated carbocycles. The predicted molar refractivity (Wildman–Crippen MR) is 103 cm³/mol. The summed E-state index contributed by atoms with van der Waals surface area (Å²) in [7, 11) is 3.91. The zero-order chi connectivity index (χ0) is 18.8. The van der Waals surface area contributed by atoms with Crippen LogP contribution in [0.3, 0.4) is 0 Å². The molecule has 4 aromatic rings. The highest BCUT2D eigenvalue weighted by molar-refractivity contribution is 5.62. The third-order valence-corrected chi connectivity index (χ3v) is 4.38. The molecule has 0 saturated heterocycles. The van der Waals surface area contributed by atoms with Crippen LogP contribution in [0.1, 0.15) is 11.1 Å². The van der Waals surface area contributed by atoms with Gasteiger partial charge in [0.2, 0.25) is 5.82 Å². The van der Waals surface area contributed by atoms with E-state index in [-0.39, 0.29) is 0 Å². The molecule has 7 heteroatoms. The molecule has 0 atom stereocenters. The zero-order valence-corrected chi connectivity index (χ0v) is 15.5. The second kappa shape index (κ2) is 7.03. The summed E-state index contributed by atoms with van der Waals surface area (Å²) >= 11 is 0. The van der Waals surface area contributed by atoms with Crippen molar-refractivity contribution in [2.24, 2.45) is 7.05 Å². The van der Waals surface area contributed by atoms with Crippen LogP contribution in [-0.2, 0) is 13.6 Å². The van der Waals surface area contributed by atoms with Gasteiger partial charge in [-0.1, -0.05) is 29.4 Å². The molecule has 0 unspecified atom stereocenters. The topological polar surface area (TPSA) is 72.9 Å². The molecule has 0 fully saturated rings. The zero-order valence-electron chi connectivity index (χ0n) is 15.5. The van der Waals surface area contributed by atoms with Gasteiger partial charge in [0.15, 0.2) is 0 Å². The Morgan fingerprint density at radius 3 is 2.67 bits per heavy atom. The molecule has 3 heterocycles. The minimum atomic E-state index is 0.460. The third-order valence-electron chi connectivity index (χ3n) is 4.38. The second-order valence-corrected chi connectivity index (χ2v) is 6.52. The smallest absolute Gasteiger partial charge is 0.259 e. The number of benzene rings is 1. The number of pyridine rings is 1. The molecule has 3 aromatic heterocycles. The van der Waals surface area contributed by atoms with E-state index in [9.17, 15) is 0 Å². The predicted octanol–water partition coefficient (Wildman–Crippen LogP) is 3.48. The summed E-state index contributed by atoms with van der Waals surface area (Å²) in [6.07, 6.45) is 5.61. The number of hydrogen-bond donors (Lipinski definition) is 0. The van der Waals surface area contributed by atoms with Crippen molar-refractivity contribution in [1.82, 2.24) is 24.9 Å². The summed E-state index contributed by atoms with van der Waals surface area (Å²) in [6.45, 7) is 2.76. The van der Waals surface area contributed by atoms with Crippen molar-refractivity contribution >= 4 is 5.82 Å². The van der Waals surface area contributed by atoms with E-state index in [0.29, 0.717) is 11.7 Å². The van der Waals surface area contributed by atoms with Gasteiger partial charge in [-0.2, -0.15) is 10.1 Å². The Balaban J connectivity index is 1.52.